The van der Waals surface area contributed by atoms with Crippen molar-refractivity contribution in [3.05, 3.63) is 70.9 Å². The topological polar surface area (TPSA) is 59.8 Å². The molecular weight excluding hydrogens is 388 g/mol. The number of rotatable bonds is 6. The van der Waals surface area contributed by atoms with E-state index in [0.29, 0.717) is 10.9 Å². The zero-order valence-corrected chi connectivity index (χ0v) is 17.3. The van der Waals surface area contributed by atoms with Gasteiger partial charge in [-0.05, 0) is 25.5 Å². The molecule has 2 heterocycles. The molecule has 0 saturated carbocycles. The average molecular weight is 409 g/mol. The number of thioether (sulfide) groups is 1. The van der Waals surface area contributed by atoms with Crippen molar-refractivity contribution in [2.24, 2.45) is 0 Å². The second kappa shape index (κ2) is 8.16. The summed E-state index contributed by atoms with van der Waals surface area (Å²) >= 11 is 2.92. The summed E-state index contributed by atoms with van der Waals surface area (Å²) in [5, 5.41) is 13.2. The maximum Gasteiger partial charge on any atom is 0.236 e. The Labute approximate surface area is 171 Å². The lowest BCUT2D eigenvalue weighted by molar-refractivity contribution is -0.113. The fraction of sp³-hybridized carbons (Fsp3) is 0.190. The molecule has 0 radical (unpaired) electrons. The smallest absolute Gasteiger partial charge is 0.236 e. The minimum absolute atomic E-state index is 0.0725. The van der Waals surface area contributed by atoms with Crippen LogP contribution in [0.3, 0.4) is 0 Å². The van der Waals surface area contributed by atoms with Gasteiger partial charge < -0.3 is 4.57 Å². The number of aromatic nitrogens is 3. The van der Waals surface area contributed by atoms with Gasteiger partial charge in [-0.1, -0.05) is 59.4 Å². The van der Waals surface area contributed by atoms with Gasteiger partial charge in [-0.3, -0.25) is 10.1 Å². The van der Waals surface area contributed by atoms with Crippen LogP contribution in [0.4, 0.5) is 5.13 Å². The minimum atomic E-state index is -0.0725. The number of fused-ring (bicyclic) bond motifs is 1. The van der Waals surface area contributed by atoms with E-state index in [-0.39, 0.29) is 5.91 Å². The molecule has 0 saturated heterocycles. The van der Waals surface area contributed by atoms with Crippen molar-refractivity contribution in [2.75, 3.05) is 11.1 Å². The zero-order valence-electron chi connectivity index (χ0n) is 15.7. The number of aryl methyl sites for hydroxylation is 2. The lowest BCUT2D eigenvalue weighted by Crippen LogP contribution is -2.13. The molecule has 1 amide bonds. The molecule has 5 nitrogen and oxygen atoms in total. The van der Waals surface area contributed by atoms with Crippen LogP contribution in [0.5, 0.6) is 0 Å². The van der Waals surface area contributed by atoms with Crippen LogP contribution in [0.1, 0.15) is 16.1 Å². The molecule has 142 valence electrons. The fourth-order valence-electron chi connectivity index (χ4n) is 3.11. The normalized spacial score (nSPS) is 11.1. The van der Waals surface area contributed by atoms with Gasteiger partial charge in [-0.25, -0.2) is 0 Å². The van der Waals surface area contributed by atoms with Crippen LogP contribution in [0, 0.1) is 13.8 Å². The van der Waals surface area contributed by atoms with E-state index >= 15 is 0 Å². The second-order valence-corrected chi connectivity index (χ2v) is 8.79. The Bertz CT molecular complexity index is 1130. The highest BCUT2D eigenvalue weighted by Gasteiger charge is 2.12. The number of amides is 1. The highest BCUT2D eigenvalue weighted by atomic mass is 32.2. The zero-order chi connectivity index (χ0) is 19.5. The summed E-state index contributed by atoms with van der Waals surface area (Å²) in [6.45, 7) is 4.78. The van der Waals surface area contributed by atoms with Gasteiger partial charge in [0.25, 0.3) is 0 Å². The summed E-state index contributed by atoms with van der Waals surface area (Å²) in [5.41, 5.74) is 3.69. The Morgan fingerprint density at radius 3 is 2.79 bits per heavy atom. The highest BCUT2D eigenvalue weighted by Crippen LogP contribution is 2.30. The van der Waals surface area contributed by atoms with Crippen LogP contribution in [0.25, 0.3) is 10.9 Å². The predicted octanol–water partition coefficient (Wildman–Crippen LogP) is 4.89. The van der Waals surface area contributed by atoms with Gasteiger partial charge in [0.2, 0.25) is 11.0 Å². The molecule has 0 aliphatic rings. The standard InChI is InChI=1S/C21H20N4OS2/c1-14-6-5-7-16(10-14)11-25-12-19(17-8-3-4-9-18(17)25)27-13-20(26)22-21-24-23-15(2)28-21/h3-10,12H,11,13H2,1-2H3,(H,22,24,26). The number of hydrogen-bond donors (Lipinski definition) is 1. The Hall–Kier alpha value is -2.64. The second-order valence-electron chi connectivity index (χ2n) is 6.59. The lowest BCUT2D eigenvalue weighted by atomic mass is 10.1. The van der Waals surface area contributed by atoms with Crippen molar-refractivity contribution in [1.29, 1.82) is 0 Å². The molecule has 2 aromatic carbocycles. The molecule has 2 aromatic heterocycles. The molecule has 0 aliphatic carbocycles. The first-order valence-electron chi connectivity index (χ1n) is 8.94. The van der Waals surface area contributed by atoms with Crippen molar-refractivity contribution in [3.63, 3.8) is 0 Å². The van der Waals surface area contributed by atoms with Crippen LogP contribution in [-0.4, -0.2) is 26.4 Å². The van der Waals surface area contributed by atoms with Crippen LogP contribution < -0.4 is 5.32 Å². The van der Waals surface area contributed by atoms with E-state index in [2.05, 4.69) is 69.6 Å². The summed E-state index contributed by atoms with van der Waals surface area (Å²) in [7, 11) is 0. The first-order valence-corrected chi connectivity index (χ1v) is 10.7. The third-order valence-corrected chi connectivity index (χ3v) is 6.12. The molecule has 1 N–H and O–H groups in total. The molecule has 0 spiro atoms. The SMILES string of the molecule is Cc1cccc(Cn2cc(SCC(=O)Nc3nnc(C)s3)c3ccccc32)c1. The number of carbonyl (C=O) groups excluding carboxylic acids is 1. The summed E-state index contributed by atoms with van der Waals surface area (Å²) in [5.74, 6) is 0.258. The first-order chi connectivity index (χ1) is 13.6. The van der Waals surface area contributed by atoms with Gasteiger partial charge in [0.15, 0.2) is 0 Å². The van der Waals surface area contributed by atoms with Crippen LogP contribution in [0.2, 0.25) is 0 Å². The Morgan fingerprint density at radius 1 is 1.14 bits per heavy atom. The van der Waals surface area contributed by atoms with Gasteiger partial charge in [-0.2, -0.15) is 0 Å². The summed E-state index contributed by atoms with van der Waals surface area (Å²) in [6, 6.07) is 16.9. The molecule has 0 atom stereocenters. The summed E-state index contributed by atoms with van der Waals surface area (Å²) in [4.78, 5) is 13.4. The average Bonchev–Trinajstić information content (AvgIpc) is 3.24. The number of carbonyl (C=O) groups is 1. The molecule has 0 fully saturated rings. The highest BCUT2D eigenvalue weighted by molar-refractivity contribution is 8.00. The number of anilines is 1. The van der Waals surface area contributed by atoms with Crippen molar-refractivity contribution < 1.29 is 4.79 Å². The van der Waals surface area contributed by atoms with Gasteiger partial charge in [0.1, 0.15) is 5.01 Å². The minimum Gasteiger partial charge on any atom is -0.342 e. The number of hydrogen-bond acceptors (Lipinski definition) is 5. The third kappa shape index (κ3) is 4.26. The van der Waals surface area contributed by atoms with E-state index in [0.717, 1.165) is 16.4 Å². The van der Waals surface area contributed by atoms with E-state index in [1.165, 1.54) is 33.4 Å². The summed E-state index contributed by atoms with van der Waals surface area (Å²) in [6.07, 6.45) is 2.14. The maximum absolute atomic E-state index is 12.3. The summed E-state index contributed by atoms with van der Waals surface area (Å²) < 4.78 is 2.25. The van der Waals surface area contributed by atoms with Gasteiger partial charge >= 0.3 is 0 Å². The quantitative estimate of drug-likeness (QED) is 0.462. The molecule has 4 aromatic rings. The number of benzene rings is 2. The monoisotopic (exact) mass is 408 g/mol. The fourth-order valence-corrected chi connectivity index (χ4v) is 4.61. The van der Waals surface area contributed by atoms with E-state index < -0.39 is 0 Å². The maximum atomic E-state index is 12.3. The van der Waals surface area contributed by atoms with Crippen molar-refractivity contribution in [2.45, 2.75) is 25.3 Å². The molecule has 0 unspecified atom stereocenters. The van der Waals surface area contributed by atoms with Gasteiger partial charge in [-0.15, -0.1) is 22.0 Å². The predicted molar refractivity (Wildman–Crippen MR) is 116 cm³/mol. The van der Waals surface area contributed by atoms with Crippen LogP contribution in [-0.2, 0) is 11.3 Å². The van der Waals surface area contributed by atoms with E-state index in [4.69, 9.17) is 0 Å². The molecule has 7 heteroatoms. The molecule has 0 bridgehead atoms. The van der Waals surface area contributed by atoms with Crippen molar-refractivity contribution >= 4 is 45.0 Å². The van der Waals surface area contributed by atoms with Gasteiger partial charge in [0, 0.05) is 28.5 Å². The van der Waals surface area contributed by atoms with Crippen molar-refractivity contribution in [1.82, 2.24) is 14.8 Å². The first kappa shape index (κ1) is 18.7. The van der Waals surface area contributed by atoms with Gasteiger partial charge in [0.05, 0.1) is 5.75 Å². The third-order valence-electron chi connectivity index (χ3n) is 4.32. The molecule has 28 heavy (non-hydrogen) atoms. The number of nitrogens with zero attached hydrogens (tertiary/aromatic N) is 3. The van der Waals surface area contributed by atoms with Crippen LogP contribution in [0.15, 0.2) is 59.6 Å². The molecule has 4 rings (SSSR count). The largest absolute Gasteiger partial charge is 0.342 e. The Morgan fingerprint density at radius 2 is 2.00 bits per heavy atom. The number of para-hydroxylation sites is 1. The van der Waals surface area contributed by atoms with Crippen molar-refractivity contribution in [3.8, 4) is 0 Å². The molecular formula is C21H20N4OS2. The number of nitrogens with one attached hydrogen (secondary N) is 1. The Balaban J connectivity index is 1.51. The van der Waals surface area contributed by atoms with E-state index in [1.807, 2.05) is 19.1 Å². The molecule has 0 aliphatic heterocycles. The van der Waals surface area contributed by atoms with Crippen LogP contribution >= 0.6 is 23.1 Å². The Kier molecular flexibility index (Phi) is 5.45. The van der Waals surface area contributed by atoms with E-state index in [9.17, 15) is 4.79 Å². The van der Waals surface area contributed by atoms with E-state index in [1.54, 1.807) is 11.8 Å². The lowest BCUT2D eigenvalue weighted by Gasteiger charge is -2.06.